The first-order valence-electron chi connectivity index (χ1n) is 9.95. The number of aromatic nitrogens is 2. The molecule has 1 atom stereocenters. The van der Waals surface area contributed by atoms with Gasteiger partial charge < -0.3 is 26.4 Å². The molecule has 1 aliphatic heterocycles. The third kappa shape index (κ3) is 10.6. The average molecular weight is 589 g/mol. The van der Waals surface area contributed by atoms with Gasteiger partial charge in [-0.15, -0.1) is 0 Å². The molecule has 0 spiro atoms. The van der Waals surface area contributed by atoms with Gasteiger partial charge in [0.1, 0.15) is 5.65 Å². The predicted molar refractivity (Wildman–Crippen MR) is 133 cm³/mol. The number of aromatic amines is 1. The molecule has 4 rings (SSSR count). The highest BCUT2D eigenvalue weighted by Crippen LogP contribution is 2.39. The van der Waals surface area contributed by atoms with Crippen LogP contribution in [0.15, 0.2) is 16.9 Å². The van der Waals surface area contributed by atoms with Gasteiger partial charge in [0.05, 0.1) is 33.7 Å². The first-order chi connectivity index (χ1) is 15.1. The number of fused-ring (bicyclic) bond motifs is 1. The minimum Gasteiger partial charge on any atom is -0.412 e. The van der Waals surface area contributed by atoms with Crippen LogP contribution in [-0.2, 0) is 25.0 Å². The van der Waals surface area contributed by atoms with Crippen molar-refractivity contribution in [3.8, 4) is 0 Å². The summed E-state index contributed by atoms with van der Waals surface area (Å²) in [5.41, 5.74) is 8.81. The molecule has 3 heterocycles. The number of nitrogens with zero attached hydrogens (tertiary/aromatic N) is 2. The van der Waals surface area contributed by atoms with E-state index in [0.717, 1.165) is 65.7 Å². The number of carbonyl (C=O) groups excluding carboxylic acids is 1. The molecule has 2 aliphatic rings. The highest BCUT2D eigenvalue weighted by Gasteiger charge is 2.31. The number of anilines is 2. The van der Waals surface area contributed by atoms with Crippen molar-refractivity contribution in [1.29, 1.82) is 0 Å². The van der Waals surface area contributed by atoms with Gasteiger partial charge in [-0.1, -0.05) is 0 Å². The molecule has 8 N–H and O–H groups in total. The van der Waals surface area contributed by atoms with E-state index in [4.69, 9.17) is 14.8 Å². The van der Waals surface area contributed by atoms with Gasteiger partial charge in [0, 0.05) is 37.4 Å². The summed E-state index contributed by atoms with van der Waals surface area (Å²) in [5.74, 6) is 0.277. The maximum atomic E-state index is 12.2. The maximum absolute atomic E-state index is 12.2. The molecule has 1 saturated carbocycles. The number of amides is 1. The number of hydrogen-bond donors (Lipinski definition) is 5. The highest BCUT2D eigenvalue weighted by molar-refractivity contribution is 9.10. The van der Waals surface area contributed by atoms with Crippen LogP contribution in [0.1, 0.15) is 25.7 Å². The fraction of sp³-hybridized carbons (Fsp3) is 0.556. The van der Waals surface area contributed by atoms with Crippen molar-refractivity contribution in [1.82, 2.24) is 9.97 Å². The Morgan fingerprint density at radius 3 is 2.26 bits per heavy atom. The lowest BCUT2D eigenvalue weighted by Gasteiger charge is -2.33. The van der Waals surface area contributed by atoms with Crippen molar-refractivity contribution >= 4 is 64.5 Å². The lowest BCUT2D eigenvalue weighted by Crippen LogP contribution is -2.43. The van der Waals surface area contributed by atoms with Gasteiger partial charge in [0.2, 0.25) is 5.91 Å². The van der Waals surface area contributed by atoms with Crippen molar-refractivity contribution in [3.63, 3.8) is 0 Å². The van der Waals surface area contributed by atoms with Crippen LogP contribution in [-0.4, -0.2) is 78.9 Å². The normalized spacial score (nSPS) is 18.1. The molecule has 2 fully saturated rings. The third-order valence-corrected chi connectivity index (χ3v) is 5.19. The van der Waals surface area contributed by atoms with Gasteiger partial charge in [0.15, 0.2) is 0 Å². The van der Waals surface area contributed by atoms with Crippen LogP contribution in [0.3, 0.4) is 0 Å². The van der Waals surface area contributed by atoms with E-state index in [1.165, 1.54) is 0 Å². The first-order valence-corrected chi connectivity index (χ1v) is 14.4. The molecule has 2 aromatic heterocycles. The summed E-state index contributed by atoms with van der Waals surface area (Å²) in [6.07, 6.45) is 9.18. The Balaban J connectivity index is 0.000000449. The van der Waals surface area contributed by atoms with E-state index in [-0.39, 0.29) is 23.3 Å². The molecule has 0 aromatic carbocycles. The Kier molecular flexibility index (Phi) is 10.9. The Bertz CT molecular complexity index is 1150. The number of hydrogen-bond acceptors (Lipinski definition) is 8. The molecule has 2 aromatic rings. The topological polar surface area (TPSA) is 227 Å². The smallest absolute Gasteiger partial charge is 0.261 e. The quantitative estimate of drug-likeness (QED) is 0.317. The molecular formula is C18H30BrN5O8S2. The number of carbonyl (C=O) groups is 1. The van der Waals surface area contributed by atoms with Crippen molar-refractivity contribution in [2.24, 2.45) is 11.7 Å². The molecule has 0 unspecified atom stereocenters. The van der Waals surface area contributed by atoms with Gasteiger partial charge >= 0.3 is 0 Å². The number of pyridine rings is 1. The Labute approximate surface area is 206 Å². The van der Waals surface area contributed by atoms with E-state index >= 15 is 0 Å². The highest BCUT2D eigenvalue weighted by atomic mass is 79.9. The van der Waals surface area contributed by atoms with E-state index in [2.05, 4.69) is 36.1 Å². The minimum absolute atomic E-state index is 0. The van der Waals surface area contributed by atoms with Crippen LogP contribution in [0.25, 0.3) is 11.0 Å². The largest absolute Gasteiger partial charge is 0.412 e. The van der Waals surface area contributed by atoms with E-state index in [1.807, 2.05) is 6.20 Å². The molecule has 194 valence electrons. The number of rotatable bonds is 3. The zero-order valence-electron chi connectivity index (χ0n) is 18.7. The molecule has 13 nitrogen and oxygen atoms in total. The van der Waals surface area contributed by atoms with Crippen LogP contribution in [0.4, 0.5) is 11.4 Å². The molecule has 16 heteroatoms. The van der Waals surface area contributed by atoms with Crippen LogP contribution >= 0.6 is 15.9 Å². The Morgan fingerprint density at radius 1 is 1.21 bits per heavy atom. The summed E-state index contributed by atoms with van der Waals surface area (Å²) < 4.78 is 52.7. The Morgan fingerprint density at radius 2 is 1.76 bits per heavy atom. The van der Waals surface area contributed by atoms with Crippen molar-refractivity contribution in [2.75, 3.05) is 35.8 Å². The van der Waals surface area contributed by atoms with E-state index in [1.54, 1.807) is 6.20 Å². The zero-order chi connectivity index (χ0) is 25.0. The molecule has 34 heavy (non-hydrogen) atoms. The van der Waals surface area contributed by atoms with Crippen molar-refractivity contribution in [3.05, 3.63) is 16.9 Å². The molecule has 0 radical (unpaired) electrons. The summed E-state index contributed by atoms with van der Waals surface area (Å²) >= 11 is 3.63. The molecule has 0 bridgehead atoms. The average Bonchev–Trinajstić information content (AvgIpc) is 3.42. The number of piperidine rings is 1. The molecule has 1 aliphatic carbocycles. The van der Waals surface area contributed by atoms with E-state index in [9.17, 15) is 21.6 Å². The second-order valence-electron chi connectivity index (χ2n) is 7.96. The van der Waals surface area contributed by atoms with E-state index in [0.29, 0.717) is 12.5 Å². The van der Waals surface area contributed by atoms with Crippen LogP contribution in [0.2, 0.25) is 0 Å². The second kappa shape index (κ2) is 12.2. The summed E-state index contributed by atoms with van der Waals surface area (Å²) in [4.78, 5) is 22.0. The van der Waals surface area contributed by atoms with Crippen molar-refractivity contribution in [2.45, 2.75) is 31.7 Å². The van der Waals surface area contributed by atoms with Gasteiger partial charge in [-0.25, -0.2) is 4.98 Å². The monoisotopic (exact) mass is 587 g/mol. The number of nitrogens with two attached hydrogens (primary N) is 1. The van der Waals surface area contributed by atoms with Gasteiger partial charge in [-0.2, -0.15) is 16.8 Å². The number of halogens is 1. The number of nitrogens with one attached hydrogen (secondary N) is 2. The standard InChI is InChI=1S/C16H20BrN5O.2CH4O3S.H2O/c17-11-6-19-15-13(14(11)22-5-1-2-10(18)8-22)12(7-20-15)21-16(23)9-3-4-9;2*1-5(2,3)4;/h6-7,9-10H,1-5,8,18H2,(H,19,20)(H,21,23);2*1H3,(H,2,3,4);1H2/t10-;;;/m1.../s1. The molecule has 1 saturated heterocycles. The molecule has 1 amide bonds. The summed E-state index contributed by atoms with van der Waals surface area (Å²) in [6, 6.07) is 0.183. The van der Waals surface area contributed by atoms with Gasteiger partial charge in [0.25, 0.3) is 20.2 Å². The summed E-state index contributed by atoms with van der Waals surface area (Å²) in [7, 11) is -7.33. The fourth-order valence-electron chi connectivity index (χ4n) is 3.26. The first kappa shape index (κ1) is 30.2. The second-order valence-corrected chi connectivity index (χ2v) is 11.7. The third-order valence-electron chi connectivity index (χ3n) is 4.61. The summed E-state index contributed by atoms with van der Waals surface area (Å²) in [6.45, 7) is 1.78. The van der Waals surface area contributed by atoms with Gasteiger partial charge in [-0.3, -0.25) is 13.9 Å². The SMILES string of the molecule is CS(=O)(=O)O.CS(=O)(=O)O.N[C@@H]1CCCN(c2c(Br)cnc3[nH]cc(NC(=O)C4CC4)c23)C1.O. The maximum Gasteiger partial charge on any atom is 0.261 e. The van der Waals surface area contributed by atoms with Crippen LogP contribution in [0, 0.1) is 5.92 Å². The van der Waals surface area contributed by atoms with Crippen LogP contribution in [0.5, 0.6) is 0 Å². The summed E-state index contributed by atoms with van der Waals surface area (Å²) in [5, 5.41) is 4.02. The van der Waals surface area contributed by atoms with Crippen LogP contribution < -0.4 is 16.0 Å². The lowest BCUT2D eigenvalue weighted by atomic mass is 10.1. The predicted octanol–water partition coefficient (Wildman–Crippen LogP) is 0.785. The minimum atomic E-state index is -3.67. The zero-order valence-corrected chi connectivity index (χ0v) is 21.9. The molecular weight excluding hydrogens is 558 g/mol. The fourth-order valence-corrected chi connectivity index (χ4v) is 3.81. The van der Waals surface area contributed by atoms with Crippen molar-refractivity contribution < 1.29 is 36.2 Å². The van der Waals surface area contributed by atoms with Gasteiger partial charge in [-0.05, 0) is 41.6 Å². The number of H-pyrrole nitrogens is 1. The lowest BCUT2D eigenvalue weighted by molar-refractivity contribution is -0.117. The van der Waals surface area contributed by atoms with E-state index < -0.39 is 20.2 Å². The Hall–Kier alpha value is -1.82.